The molecule has 4 nitrogen and oxygen atoms in total. The fourth-order valence-electron chi connectivity index (χ4n) is 2.76. The zero-order valence-electron chi connectivity index (χ0n) is 11.6. The average Bonchev–Trinajstić information content (AvgIpc) is 3.18. The lowest BCUT2D eigenvalue weighted by molar-refractivity contribution is -0.134. The Morgan fingerprint density at radius 1 is 1.45 bits per heavy atom. The zero-order chi connectivity index (χ0) is 14.1. The van der Waals surface area contributed by atoms with E-state index in [0.29, 0.717) is 18.4 Å². The molecule has 3 rings (SSSR count). The van der Waals surface area contributed by atoms with E-state index in [1.54, 1.807) is 12.4 Å². The van der Waals surface area contributed by atoms with Gasteiger partial charge in [0.2, 0.25) is 5.91 Å². The summed E-state index contributed by atoms with van der Waals surface area (Å²) < 4.78 is 6.81. The minimum Gasteiger partial charge on any atom is -0.487 e. The van der Waals surface area contributed by atoms with Crippen molar-refractivity contribution in [2.75, 3.05) is 13.1 Å². The summed E-state index contributed by atoms with van der Waals surface area (Å²) in [5.41, 5.74) is 0. The quantitative estimate of drug-likeness (QED) is 0.847. The molecule has 5 heteroatoms. The van der Waals surface area contributed by atoms with E-state index in [0.717, 1.165) is 23.2 Å². The van der Waals surface area contributed by atoms with Gasteiger partial charge >= 0.3 is 0 Å². The maximum Gasteiger partial charge on any atom is 0.225 e. The maximum atomic E-state index is 12.3. The number of halogens is 1. The molecule has 2 aliphatic rings. The van der Waals surface area contributed by atoms with Crippen LogP contribution in [-0.4, -0.2) is 35.0 Å². The minimum absolute atomic E-state index is 0.0847. The van der Waals surface area contributed by atoms with Crippen LogP contribution < -0.4 is 4.74 Å². The number of carbonyl (C=O) groups excluding carboxylic acids is 1. The van der Waals surface area contributed by atoms with Crippen molar-refractivity contribution in [1.29, 1.82) is 0 Å². The van der Waals surface area contributed by atoms with Crippen molar-refractivity contribution in [2.24, 2.45) is 11.8 Å². The van der Waals surface area contributed by atoms with Crippen molar-refractivity contribution in [1.82, 2.24) is 9.88 Å². The van der Waals surface area contributed by atoms with Crippen LogP contribution in [0, 0.1) is 11.8 Å². The normalized spacial score (nSPS) is 23.7. The first kappa shape index (κ1) is 13.9. The lowest BCUT2D eigenvalue weighted by Crippen LogP contribution is -2.35. The summed E-state index contributed by atoms with van der Waals surface area (Å²) >= 11 is 3.38. The molecule has 1 aromatic rings. The van der Waals surface area contributed by atoms with Crippen LogP contribution in [0.1, 0.15) is 26.2 Å². The minimum atomic E-state index is 0.0847. The number of aromatic nitrogens is 1. The van der Waals surface area contributed by atoms with Gasteiger partial charge in [-0.3, -0.25) is 9.78 Å². The van der Waals surface area contributed by atoms with Crippen LogP contribution in [0.3, 0.4) is 0 Å². The second kappa shape index (κ2) is 5.72. The Labute approximate surface area is 127 Å². The number of ether oxygens (including phenoxy) is 1. The summed E-state index contributed by atoms with van der Waals surface area (Å²) in [6.45, 7) is 3.57. The van der Waals surface area contributed by atoms with Gasteiger partial charge in [-0.1, -0.05) is 6.92 Å². The largest absolute Gasteiger partial charge is 0.487 e. The van der Waals surface area contributed by atoms with E-state index in [-0.39, 0.29) is 12.0 Å². The fourth-order valence-corrected chi connectivity index (χ4v) is 3.10. The Hall–Kier alpha value is -1.10. The zero-order valence-corrected chi connectivity index (χ0v) is 13.2. The molecule has 1 saturated carbocycles. The van der Waals surface area contributed by atoms with E-state index in [4.69, 9.17) is 4.74 Å². The SMILES string of the molecule is C[C@H](C(=O)N1CC[C@H](Oc2cncc(Br)c2)C1)C1CC1. The molecule has 0 unspecified atom stereocenters. The standard InChI is InChI=1S/C15H19BrN2O2/c1-10(11-2-3-11)15(19)18-5-4-13(9-18)20-14-6-12(16)7-17-8-14/h6-8,10-11,13H,2-5,9H2,1H3/t10-,13-/m0/s1. The highest BCUT2D eigenvalue weighted by Crippen LogP contribution is 2.37. The number of hydrogen-bond acceptors (Lipinski definition) is 3. The average molecular weight is 339 g/mol. The first-order valence-corrected chi connectivity index (χ1v) is 7.99. The van der Waals surface area contributed by atoms with Gasteiger partial charge in [-0.2, -0.15) is 0 Å². The molecular weight excluding hydrogens is 320 g/mol. The number of pyridine rings is 1. The van der Waals surface area contributed by atoms with Crippen molar-refractivity contribution >= 4 is 21.8 Å². The molecule has 1 amide bonds. The van der Waals surface area contributed by atoms with Gasteiger partial charge in [0.05, 0.1) is 12.7 Å². The summed E-state index contributed by atoms with van der Waals surface area (Å²) in [5, 5.41) is 0. The Morgan fingerprint density at radius 3 is 2.95 bits per heavy atom. The molecule has 0 N–H and O–H groups in total. The molecule has 1 saturated heterocycles. The molecule has 1 aliphatic heterocycles. The van der Waals surface area contributed by atoms with Gasteiger partial charge in [0.25, 0.3) is 0 Å². The molecule has 108 valence electrons. The summed E-state index contributed by atoms with van der Waals surface area (Å²) in [5.74, 6) is 1.86. The van der Waals surface area contributed by atoms with Crippen LogP contribution >= 0.6 is 15.9 Å². The van der Waals surface area contributed by atoms with E-state index < -0.39 is 0 Å². The molecule has 2 fully saturated rings. The fraction of sp³-hybridized carbons (Fsp3) is 0.600. The molecule has 1 aliphatic carbocycles. The summed E-state index contributed by atoms with van der Waals surface area (Å²) in [4.78, 5) is 18.4. The second-order valence-corrected chi connectivity index (χ2v) is 6.69. The van der Waals surface area contributed by atoms with E-state index in [2.05, 4.69) is 27.8 Å². The molecule has 20 heavy (non-hydrogen) atoms. The number of likely N-dealkylation sites (tertiary alicyclic amines) is 1. The highest BCUT2D eigenvalue weighted by molar-refractivity contribution is 9.10. The number of nitrogens with zero attached hydrogens (tertiary/aromatic N) is 2. The van der Waals surface area contributed by atoms with Crippen molar-refractivity contribution in [3.8, 4) is 5.75 Å². The summed E-state index contributed by atoms with van der Waals surface area (Å²) in [7, 11) is 0. The smallest absolute Gasteiger partial charge is 0.225 e. The Bertz CT molecular complexity index is 504. The predicted octanol–water partition coefficient (Wildman–Crippen LogP) is 2.87. The van der Waals surface area contributed by atoms with E-state index in [9.17, 15) is 4.79 Å². The van der Waals surface area contributed by atoms with Gasteiger partial charge in [-0.15, -0.1) is 0 Å². The monoisotopic (exact) mass is 338 g/mol. The summed E-state index contributed by atoms with van der Waals surface area (Å²) in [6.07, 6.45) is 6.85. The van der Waals surface area contributed by atoms with Crippen molar-refractivity contribution in [3.05, 3.63) is 22.9 Å². The Morgan fingerprint density at radius 2 is 2.25 bits per heavy atom. The molecule has 1 aromatic heterocycles. The lowest BCUT2D eigenvalue weighted by Gasteiger charge is -2.21. The molecule has 0 aromatic carbocycles. The summed E-state index contributed by atoms with van der Waals surface area (Å²) in [6, 6.07) is 1.91. The molecule has 2 atom stereocenters. The van der Waals surface area contributed by atoms with Gasteiger partial charge in [0.1, 0.15) is 11.9 Å². The third kappa shape index (κ3) is 3.14. The van der Waals surface area contributed by atoms with Gasteiger partial charge in [-0.25, -0.2) is 0 Å². The molecule has 0 spiro atoms. The van der Waals surface area contributed by atoms with E-state index >= 15 is 0 Å². The first-order chi connectivity index (χ1) is 9.63. The van der Waals surface area contributed by atoms with Crippen molar-refractivity contribution < 1.29 is 9.53 Å². The Kier molecular flexibility index (Phi) is 3.96. The van der Waals surface area contributed by atoms with Crippen LogP contribution in [-0.2, 0) is 4.79 Å². The third-order valence-electron chi connectivity index (χ3n) is 4.16. The van der Waals surface area contributed by atoms with Crippen molar-refractivity contribution in [2.45, 2.75) is 32.3 Å². The van der Waals surface area contributed by atoms with Crippen LogP contribution in [0.4, 0.5) is 0 Å². The number of amides is 1. The van der Waals surface area contributed by atoms with Gasteiger partial charge in [-0.05, 0) is 40.8 Å². The molecule has 0 bridgehead atoms. The number of hydrogen-bond donors (Lipinski definition) is 0. The predicted molar refractivity (Wildman–Crippen MR) is 79.4 cm³/mol. The van der Waals surface area contributed by atoms with Gasteiger partial charge in [0, 0.05) is 29.6 Å². The number of carbonyl (C=O) groups is 1. The lowest BCUT2D eigenvalue weighted by atomic mass is 10.1. The number of rotatable bonds is 4. The highest BCUT2D eigenvalue weighted by atomic mass is 79.9. The van der Waals surface area contributed by atoms with Crippen LogP contribution in [0.15, 0.2) is 22.9 Å². The van der Waals surface area contributed by atoms with Crippen LogP contribution in [0.5, 0.6) is 5.75 Å². The van der Waals surface area contributed by atoms with E-state index in [1.807, 2.05) is 11.0 Å². The van der Waals surface area contributed by atoms with E-state index in [1.165, 1.54) is 12.8 Å². The molecule has 0 radical (unpaired) electrons. The third-order valence-corrected chi connectivity index (χ3v) is 4.59. The molecule has 2 heterocycles. The van der Waals surface area contributed by atoms with Gasteiger partial charge in [0.15, 0.2) is 0 Å². The van der Waals surface area contributed by atoms with Gasteiger partial charge < -0.3 is 9.64 Å². The topological polar surface area (TPSA) is 42.4 Å². The first-order valence-electron chi connectivity index (χ1n) is 7.19. The highest BCUT2D eigenvalue weighted by Gasteiger charge is 2.37. The maximum absolute atomic E-state index is 12.3. The second-order valence-electron chi connectivity index (χ2n) is 5.78. The Balaban J connectivity index is 1.55. The van der Waals surface area contributed by atoms with Crippen LogP contribution in [0.25, 0.3) is 0 Å². The molecular formula is C15H19BrN2O2. The van der Waals surface area contributed by atoms with Crippen molar-refractivity contribution in [3.63, 3.8) is 0 Å². The van der Waals surface area contributed by atoms with Crippen LogP contribution in [0.2, 0.25) is 0 Å².